The first-order valence-electron chi connectivity index (χ1n) is 13.6. The molecule has 0 bridgehead atoms. The summed E-state index contributed by atoms with van der Waals surface area (Å²) in [6, 6.07) is 9.10. The van der Waals surface area contributed by atoms with Crippen molar-refractivity contribution in [3.8, 4) is 0 Å². The van der Waals surface area contributed by atoms with E-state index in [1.807, 2.05) is 0 Å². The van der Waals surface area contributed by atoms with Crippen LogP contribution in [0.5, 0.6) is 0 Å². The topological polar surface area (TPSA) is 15.3 Å². The van der Waals surface area contributed by atoms with E-state index in [4.69, 9.17) is 0 Å². The number of aryl methyl sites for hydroxylation is 1. The van der Waals surface area contributed by atoms with Crippen molar-refractivity contribution in [1.82, 2.24) is 10.2 Å². The Morgan fingerprint density at radius 3 is 2.54 bits per heavy atom. The number of hydrogen-bond donors (Lipinski definition) is 1. The Balaban J connectivity index is 1.79. The molecule has 1 aliphatic heterocycles. The van der Waals surface area contributed by atoms with E-state index in [-0.39, 0.29) is 6.04 Å². The van der Waals surface area contributed by atoms with Gasteiger partial charge in [0.25, 0.3) is 0 Å². The van der Waals surface area contributed by atoms with Gasteiger partial charge in [-0.25, -0.2) is 0 Å². The van der Waals surface area contributed by atoms with E-state index >= 15 is 0 Å². The molecule has 1 unspecified atom stereocenters. The minimum Gasteiger partial charge on any atom is -0.374 e. The molecular weight excluding hydrogens is 440 g/mol. The van der Waals surface area contributed by atoms with Crippen molar-refractivity contribution >= 4 is 8.80 Å². The van der Waals surface area contributed by atoms with Crippen LogP contribution in [0.15, 0.2) is 83.4 Å². The van der Waals surface area contributed by atoms with Crippen LogP contribution in [0.4, 0.5) is 0 Å². The predicted molar refractivity (Wildman–Crippen MR) is 155 cm³/mol. The third-order valence-electron chi connectivity index (χ3n) is 7.50. The van der Waals surface area contributed by atoms with Gasteiger partial charge >= 0.3 is 0 Å². The summed E-state index contributed by atoms with van der Waals surface area (Å²) in [5.74, 6) is 1.38. The van der Waals surface area contributed by atoms with E-state index in [0.717, 1.165) is 19.0 Å². The van der Waals surface area contributed by atoms with Gasteiger partial charge in [-0.05, 0) is 71.3 Å². The standard InChI is InChI=1S/C32H47N2Si/c1-8-25(4)19-28(20-27-14-10-11-15-27)17-18-33-23-34-22-32(35(6)7)30(24(2)3)21-31(34)29-16-12-9-13-26(29)5/h9,12-13,16-19,21-22,24,27,31,33H,4,8,10-11,14-15,20,23H2,1-3,5-7H3/b18-17-,28-19+. The summed E-state index contributed by atoms with van der Waals surface area (Å²) in [5.41, 5.74) is 6.92. The molecule has 1 atom stereocenters. The Labute approximate surface area is 217 Å². The van der Waals surface area contributed by atoms with Gasteiger partial charge in [-0.15, -0.1) is 0 Å². The third-order valence-corrected chi connectivity index (χ3v) is 9.00. The van der Waals surface area contributed by atoms with Crippen molar-refractivity contribution in [2.45, 2.75) is 85.4 Å². The van der Waals surface area contributed by atoms with Gasteiger partial charge in [0, 0.05) is 6.20 Å². The zero-order chi connectivity index (χ0) is 25.4. The number of allylic oxidation sites excluding steroid dienone is 6. The van der Waals surface area contributed by atoms with E-state index < -0.39 is 8.80 Å². The maximum atomic E-state index is 4.24. The molecule has 1 aliphatic carbocycles. The normalized spacial score (nSPS) is 19.6. The van der Waals surface area contributed by atoms with E-state index in [1.54, 1.807) is 5.20 Å². The molecule has 1 fully saturated rings. The molecule has 2 nitrogen and oxygen atoms in total. The van der Waals surface area contributed by atoms with E-state index in [0.29, 0.717) is 5.92 Å². The Morgan fingerprint density at radius 1 is 1.20 bits per heavy atom. The number of nitrogens with one attached hydrogen (secondary N) is 1. The minimum atomic E-state index is -0.561. The van der Waals surface area contributed by atoms with Crippen LogP contribution >= 0.6 is 0 Å². The van der Waals surface area contributed by atoms with Crippen LogP contribution < -0.4 is 5.32 Å². The summed E-state index contributed by atoms with van der Waals surface area (Å²) in [6.45, 7) is 18.9. The Bertz CT molecular complexity index is 973. The molecule has 189 valence electrons. The highest BCUT2D eigenvalue weighted by molar-refractivity contribution is 6.65. The SMILES string of the molecule is C=C(/C=C(\C=C/NCN1C=C([Si](C)C)C(C(C)C)=CC1c1ccccc1C)CC1CCCC1)CC. The molecule has 0 saturated heterocycles. The summed E-state index contributed by atoms with van der Waals surface area (Å²) in [5, 5.41) is 5.19. The second-order valence-corrected chi connectivity index (χ2v) is 13.5. The van der Waals surface area contributed by atoms with Gasteiger partial charge in [-0.3, -0.25) is 0 Å². The molecule has 1 aromatic carbocycles. The van der Waals surface area contributed by atoms with Crippen molar-refractivity contribution in [2.75, 3.05) is 6.67 Å². The molecule has 1 heterocycles. The second kappa shape index (κ2) is 13.2. The lowest BCUT2D eigenvalue weighted by Gasteiger charge is -2.37. The summed E-state index contributed by atoms with van der Waals surface area (Å²) in [4.78, 5) is 2.50. The summed E-state index contributed by atoms with van der Waals surface area (Å²) >= 11 is 0. The van der Waals surface area contributed by atoms with Gasteiger partial charge in [0.05, 0.1) is 21.5 Å². The van der Waals surface area contributed by atoms with E-state index in [9.17, 15) is 0 Å². The molecule has 1 N–H and O–H groups in total. The summed E-state index contributed by atoms with van der Waals surface area (Å²) < 4.78 is 0. The largest absolute Gasteiger partial charge is 0.374 e. The molecule has 3 heteroatoms. The van der Waals surface area contributed by atoms with E-state index in [1.165, 1.54) is 60.0 Å². The number of benzene rings is 1. The molecule has 3 rings (SSSR count). The highest BCUT2D eigenvalue weighted by Crippen LogP contribution is 2.36. The van der Waals surface area contributed by atoms with Crippen LogP contribution in [0.2, 0.25) is 13.1 Å². The van der Waals surface area contributed by atoms with Gasteiger partial charge < -0.3 is 10.2 Å². The molecule has 1 aromatic rings. The average molecular weight is 488 g/mol. The van der Waals surface area contributed by atoms with Crippen LogP contribution in [-0.2, 0) is 0 Å². The van der Waals surface area contributed by atoms with E-state index in [2.05, 4.69) is 112 Å². The lowest BCUT2D eigenvalue weighted by Crippen LogP contribution is -2.35. The molecule has 0 spiro atoms. The average Bonchev–Trinajstić information content (AvgIpc) is 3.34. The van der Waals surface area contributed by atoms with Crippen molar-refractivity contribution in [1.29, 1.82) is 0 Å². The smallest absolute Gasteiger partial charge is 0.0875 e. The summed E-state index contributed by atoms with van der Waals surface area (Å²) in [6.07, 6.45) is 19.5. The zero-order valence-corrected chi connectivity index (χ0v) is 24.0. The molecule has 2 aliphatic rings. The number of hydrogen-bond acceptors (Lipinski definition) is 2. The molecule has 1 saturated carbocycles. The Morgan fingerprint density at radius 2 is 1.91 bits per heavy atom. The van der Waals surface area contributed by atoms with Gasteiger partial charge in [-0.1, -0.05) is 108 Å². The van der Waals surface area contributed by atoms with Crippen molar-refractivity contribution in [2.24, 2.45) is 11.8 Å². The van der Waals surface area contributed by atoms with Crippen molar-refractivity contribution in [3.05, 3.63) is 94.5 Å². The Hall–Kier alpha value is -2.26. The van der Waals surface area contributed by atoms with Crippen LogP contribution in [0.3, 0.4) is 0 Å². The molecule has 35 heavy (non-hydrogen) atoms. The second-order valence-electron chi connectivity index (χ2n) is 10.9. The fourth-order valence-electron chi connectivity index (χ4n) is 5.34. The first kappa shape index (κ1) is 27.3. The molecule has 1 radical (unpaired) electrons. The quantitative estimate of drug-likeness (QED) is 0.248. The Kier molecular flexibility index (Phi) is 10.3. The monoisotopic (exact) mass is 487 g/mol. The predicted octanol–water partition coefficient (Wildman–Crippen LogP) is 8.65. The fraction of sp³-hybridized carbons (Fsp3) is 0.500. The van der Waals surface area contributed by atoms with Crippen LogP contribution in [0, 0.1) is 18.8 Å². The van der Waals surface area contributed by atoms with Crippen LogP contribution in [0.25, 0.3) is 0 Å². The molecule has 0 amide bonds. The third kappa shape index (κ3) is 7.61. The lowest BCUT2D eigenvalue weighted by molar-refractivity contribution is 0.304. The van der Waals surface area contributed by atoms with Gasteiger partial charge in [-0.2, -0.15) is 0 Å². The maximum Gasteiger partial charge on any atom is 0.0875 e. The number of nitrogens with zero attached hydrogens (tertiary/aromatic N) is 1. The van der Waals surface area contributed by atoms with Crippen molar-refractivity contribution in [3.63, 3.8) is 0 Å². The van der Waals surface area contributed by atoms with Crippen LogP contribution in [-0.4, -0.2) is 20.4 Å². The van der Waals surface area contributed by atoms with Gasteiger partial charge in [0.1, 0.15) is 0 Å². The zero-order valence-electron chi connectivity index (χ0n) is 23.0. The fourth-order valence-corrected chi connectivity index (χ4v) is 6.71. The number of rotatable bonds is 11. The van der Waals surface area contributed by atoms with Crippen molar-refractivity contribution < 1.29 is 0 Å². The first-order valence-corrected chi connectivity index (χ1v) is 16.1. The van der Waals surface area contributed by atoms with Gasteiger partial charge in [0.15, 0.2) is 0 Å². The highest BCUT2D eigenvalue weighted by atomic mass is 28.3. The van der Waals surface area contributed by atoms with Crippen LogP contribution in [0.1, 0.15) is 76.5 Å². The first-order chi connectivity index (χ1) is 16.8. The minimum absolute atomic E-state index is 0.257. The summed E-state index contributed by atoms with van der Waals surface area (Å²) in [7, 11) is -0.561. The molecule has 0 aromatic heterocycles. The highest BCUT2D eigenvalue weighted by Gasteiger charge is 2.27. The van der Waals surface area contributed by atoms with Gasteiger partial charge in [0.2, 0.25) is 0 Å². The molecular formula is C32H47N2Si. The lowest BCUT2D eigenvalue weighted by atomic mass is 9.92. The maximum absolute atomic E-state index is 4.24.